The fraction of sp³-hybridized carbons (Fsp3) is 0.950. The molecule has 4 aliphatic rings. The summed E-state index contributed by atoms with van der Waals surface area (Å²) in [6.45, 7) is 6.43. The Kier molecular flexibility index (Phi) is 5.35. The third-order valence-electron chi connectivity index (χ3n) is 6.95. The topological polar surface area (TPSA) is 42.0 Å². The molecule has 5 heteroatoms. The maximum atomic E-state index is 12.6. The van der Waals surface area contributed by atoms with Gasteiger partial charge in [0.25, 0.3) is 0 Å². The number of methoxy groups -OCH3 is 1. The summed E-state index contributed by atoms with van der Waals surface area (Å²) in [4.78, 5) is 17.3. The lowest BCUT2D eigenvalue weighted by molar-refractivity contribution is -0.137. The average Bonchev–Trinajstić information content (AvgIpc) is 3.03. The van der Waals surface area contributed by atoms with Crippen LogP contribution in [0.2, 0.25) is 0 Å². The van der Waals surface area contributed by atoms with Crippen LogP contribution in [0, 0.1) is 17.3 Å². The summed E-state index contributed by atoms with van der Waals surface area (Å²) >= 11 is 0. The van der Waals surface area contributed by atoms with Crippen molar-refractivity contribution in [2.75, 3.05) is 53.0 Å². The van der Waals surface area contributed by atoms with E-state index in [4.69, 9.17) is 9.47 Å². The van der Waals surface area contributed by atoms with E-state index in [2.05, 4.69) is 9.80 Å². The van der Waals surface area contributed by atoms with Gasteiger partial charge in [-0.15, -0.1) is 0 Å². The van der Waals surface area contributed by atoms with Gasteiger partial charge in [0.15, 0.2) is 0 Å². The maximum absolute atomic E-state index is 12.6. The molecule has 2 heterocycles. The Morgan fingerprint density at radius 1 is 1.16 bits per heavy atom. The third-order valence-corrected chi connectivity index (χ3v) is 6.95. The lowest BCUT2D eigenvalue weighted by Crippen LogP contribution is -2.39. The molecular formula is C20H34N2O3. The molecule has 1 spiro atoms. The summed E-state index contributed by atoms with van der Waals surface area (Å²) < 4.78 is 11.4. The van der Waals surface area contributed by atoms with E-state index in [1.54, 1.807) is 0 Å². The van der Waals surface area contributed by atoms with Crippen molar-refractivity contribution in [3.05, 3.63) is 0 Å². The first-order chi connectivity index (χ1) is 12.2. The standard InChI is InChI=1S/C20H34N2O3/c1-24-12-17-11-21(10-16-6-7-16)14-20(17)8-9-22(15-20)19(23)13-25-18-4-2-3-5-18/h16-18H,2-15H2,1H3/t17-,20-/m0/s1. The highest BCUT2D eigenvalue weighted by Crippen LogP contribution is 2.45. The molecule has 4 fully saturated rings. The van der Waals surface area contributed by atoms with E-state index < -0.39 is 0 Å². The van der Waals surface area contributed by atoms with Crippen LogP contribution in [0.3, 0.4) is 0 Å². The zero-order valence-electron chi connectivity index (χ0n) is 15.8. The number of likely N-dealkylation sites (tertiary alicyclic amines) is 2. The highest BCUT2D eigenvalue weighted by molar-refractivity contribution is 5.77. The molecule has 0 N–H and O–H groups in total. The molecule has 0 aromatic heterocycles. The van der Waals surface area contributed by atoms with Gasteiger partial charge in [-0.2, -0.15) is 0 Å². The van der Waals surface area contributed by atoms with Crippen molar-refractivity contribution in [3.63, 3.8) is 0 Å². The van der Waals surface area contributed by atoms with E-state index in [9.17, 15) is 4.79 Å². The molecule has 0 aromatic rings. The maximum Gasteiger partial charge on any atom is 0.248 e. The van der Waals surface area contributed by atoms with Gasteiger partial charge in [-0.1, -0.05) is 12.8 Å². The Hall–Kier alpha value is -0.650. The molecule has 2 saturated carbocycles. The van der Waals surface area contributed by atoms with Crippen molar-refractivity contribution in [1.82, 2.24) is 9.80 Å². The van der Waals surface area contributed by atoms with Crippen LogP contribution in [0.4, 0.5) is 0 Å². The lowest BCUT2D eigenvalue weighted by Gasteiger charge is -2.30. The van der Waals surface area contributed by atoms with Gasteiger partial charge < -0.3 is 19.3 Å². The van der Waals surface area contributed by atoms with Crippen LogP contribution >= 0.6 is 0 Å². The van der Waals surface area contributed by atoms with Crippen LogP contribution in [0.15, 0.2) is 0 Å². The van der Waals surface area contributed by atoms with Crippen LogP contribution in [0.1, 0.15) is 44.9 Å². The van der Waals surface area contributed by atoms with Crippen LogP contribution in [0.25, 0.3) is 0 Å². The van der Waals surface area contributed by atoms with Gasteiger partial charge in [0.05, 0.1) is 12.7 Å². The summed E-state index contributed by atoms with van der Waals surface area (Å²) in [5, 5.41) is 0. The predicted molar refractivity (Wildman–Crippen MR) is 96.4 cm³/mol. The molecule has 5 nitrogen and oxygen atoms in total. The summed E-state index contributed by atoms with van der Waals surface area (Å²) in [5.41, 5.74) is 0.244. The first kappa shape index (κ1) is 17.7. The van der Waals surface area contributed by atoms with Crippen LogP contribution < -0.4 is 0 Å². The molecule has 1 amide bonds. The molecule has 2 atom stereocenters. The summed E-state index contributed by atoms with van der Waals surface area (Å²) in [7, 11) is 1.81. The van der Waals surface area contributed by atoms with E-state index in [0.717, 1.165) is 58.0 Å². The number of carbonyl (C=O) groups is 1. The van der Waals surface area contributed by atoms with Gasteiger partial charge in [-0.25, -0.2) is 0 Å². The molecule has 25 heavy (non-hydrogen) atoms. The number of carbonyl (C=O) groups excluding carboxylic acids is 1. The van der Waals surface area contributed by atoms with Gasteiger partial charge in [-0.05, 0) is 38.0 Å². The second-order valence-corrected chi connectivity index (χ2v) is 8.93. The van der Waals surface area contributed by atoms with Gasteiger partial charge in [0.1, 0.15) is 6.61 Å². The second-order valence-electron chi connectivity index (χ2n) is 8.93. The van der Waals surface area contributed by atoms with Crippen molar-refractivity contribution in [2.45, 2.75) is 51.0 Å². The van der Waals surface area contributed by atoms with Gasteiger partial charge in [0.2, 0.25) is 5.91 Å². The fourth-order valence-electron chi connectivity index (χ4n) is 5.29. The molecule has 142 valence electrons. The van der Waals surface area contributed by atoms with Crippen LogP contribution in [-0.2, 0) is 14.3 Å². The van der Waals surface area contributed by atoms with Crippen molar-refractivity contribution in [2.24, 2.45) is 17.3 Å². The summed E-state index contributed by atoms with van der Waals surface area (Å²) in [6.07, 6.45) is 9.01. The van der Waals surface area contributed by atoms with Gasteiger partial charge >= 0.3 is 0 Å². The SMILES string of the molecule is COC[C@@H]1CN(CC2CC2)C[C@]12CCN(C(=O)COC1CCCC1)C2. The normalized spacial score (nSPS) is 33.8. The molecule has 0 radical (unpaired) electrons. The molecule has 0 bridgehead atoms. The minimum absolute atomic E-state index is 0.195. The first-order valence-electron chi connectivity index (χ1n) is 10.3. The highest BCUT2D eigenvalue weighted by atomic mass is 16.5. The Morgan fingerprint density at radius 2 is 1.96 bits per heavy atom. The minimum Gasteiger partial charge on any atom is -0.384 e. The van der Waals surface area contributed by atoms with E-state index in [1.165, 1.54) is 32.2 Å². The van der Waals surface area contributed by atoms with Gasteiger partial charge in [0, 0.05) is 51.2 Å². The number of amides is 1. The molecular weight excluding hydrogens is 316 g/mol. The zero-order valence-corrected chi connectivity index (χ0v) is 15.8. The van der Waals surface area contributed by atoms with E-state index in [-0.39, 0.29) is 17.9 Å². The zero-order chi connectivity index (χ0) is 17.3. The van der Waals surface area contributed by atoms with Crippen LogP contribution in [-0.4, -0.2) is 74.9 Å². The Balaban J connectivity index is 1.32. The monoisotopic (exact) mass is 350 g/mol. The van der Waals surface area contributed by atoms with Crippen LogP contribution in [0.5, 0.6) is 0 Å². The number of rotatable bonds is 7. The summed E-state index contributed by atoms with van der Waals surface area (Å²) in [5.74, 6) is 1.68. The lowest BCUT2D eigenvalue weighted by atomic mass is 9.77. The van der Waals surface area contributed by atoms with Crippen molar-refractivity contribution < 1.29 is 14.3 Å². The summed E-state index contributed by atoms with van der Waals surface area (Å²) in [6, 6.07) is 0. The average molecular weight is 351 g/mol. The number of nitrogens with zero attached hydrogens (tertiary/aromatic N) is 2. The highest BCUT2D eigenvalue weighted by Gasteiger charge is 2.51. The molecule has 2 aliphatic carbocycles. The number of hydrogen-bond donors (Lipinski definition) is 0. The second kappa shape index (κ2) is 7.53. The number of ether oxygens (including phenoxy) is 2. The quantitative estimate of drug-likeness (QED) is 0.706. The van der Waals surface area contributed by atoms with Crippen molar-refractivity contribution in [1.29, 1.82) is 0 Å². The molecule has 2 saturated heterocycles. The third kappa shape index (κ3) is 4.04. The first-order valence-corrected chi connectivity index (χ1v) is 10.3. The fourth-order valence-corrected chi connectivity index (χ4v) is 5.29. The smallest absolute Gasteiger partial charge is 0.248 e. The predicted octanol–water partition coefficient (Wildman–Crippen LogP) is 2.15. The van der Waals surface area contributed by atoms with Gasteiger partial charge in [-0.3, -0.25) is 4.79 Å². The Bertz CT molecular complexity index is 476. The molecule has 0 unspecified atom stereocenters. The minimum atomic E-state index is 0.195. The van der Waals surface area contributed by atoms with E-state index >= 15 is 0 Å². The van der Waals surface area contributed by atoms with Crippen molar-refractivity contribution in [3.8, 4) is 0 Å². The molecule has 4 rings (SSSR count). The molecule has 0 aromatic carbocycles. The largest absolute Gasteiger partial charge is 0.384 e. The molecule has 2 aliphatic heterocycles. The van der Waals surface area contributed by atoms with Crippen molar-refractivity contribution >= 4 is 5.91 Å². The van der Waals surface area contributed by atoms with E-state index in [1.807, 2.05) is 7.11 Å². The Labute approximate surface area is 152 Å². The number of hydrogen-bond acceptors (Lipinski definition) is 4. The Morgan fingerprint density at radius 3 is 2.68 bits per heavy atom. The van der Waals surface area contributed by atoms with E-state index in [0.29, 0.717) is 12.0 Å².